The van der Waals surface area contributed by atoms with Crippen LogP contribution >= 0.6 is 11.6 Å². The van der Waals surface area contributed by atoms with Crippen molar-refractivity contribution in [1.29, 1.82) is 5.26 Å². The van der Waals surface area contributed by atoms with Crippen molar-refractivity contribution in [3.8, 4) is 34.5 Å². The third kappa shape index (κ3) is 5.31. The summed E-state index contributed by atoms with van der Waals surface area (Å²) in [5.74, 6) is -0.996. The van der Waals surface area contributed by atoms with E-state index in [1.807, 2.05) is 6.07 Å². The van der Waals surface area contributed by atoms with Crippen molar-refractivity contribution in [2.45, 2.75) is 18.9 Å². The summed E-state index contributed by atoms with van der Waals surface area (Å²) in [6.45, 7) is 0.838. The van der Waals surface area contributed by atoms with E-state index >= 15 is 0 Å². The van der Waals surface area contributed by atoms with Crippen LogP contribution in [0.2, 0.25) is 5.15 Å². The molecule has 3 heterocycles. The van der Waals surface area contributed by atoms with Crippen LogP contribution < -0.4 is 4.74 Å². The Kier molecular flexibility index (Phi) is 7.24. The molecule has 5 rings (SSSR count). The molecule has 2 aromatic carbocycles. The first-order valence-electron chi connectivity index (χ1n) is 11.8. The predicted molar refractivity (Wildman–Crippen MR) is 136 cm³/mol. The van der Waals surface area contributed by atoms with Gasteiger partial charge < -0.3 is 9.64 Å². The van der Waals surface area contributed by atoms with Gasteiger partial charge in [-0.05, 0) is 60.7 Å². The standard InChI is InChI=1S/C28H20ClF2N5O2/c29-26-22(2-1-13-33-26)28(37)36-14-11-21(12-15-36)38-27-23(16-32)34-24(17-3-7-19(30)8-4-17)25(35-27)18-5-9-20(31)10-6-18/h1-10,13,21H,11-12,14-15H2. The maximum absolute atomic E-state index is 13.6. The van der Waals surface area contributed by atoms with Crippen molar-refractivity contribution in [3.63, 3.8) is 0 Å². The first kappa shape index (κ1) is 25.2. The fourth-order valence-electron chi connectivity index (χ4n) is 4.24. The van der Waals surface area contributed by atoms with Gasteiger partial charge in [0.1, 0.15) is 34.7 Å². The Morgan fingerprint density at radius 1 is 0.947 bits per heavy atom. The van der Waals surface area contributed by atoms with Gasteiger partial charge in [-0.25, -0.2) is 23.7 Å². The third-order valence-electron chi connectivity index (χ3n) is 6.20. The molecule has 0 bridgehead atoms. The van der Waals surface area contributed by atoms with Gasteiger partial charge in [-0.1, -0.05) is 11.6 Å². The quantitative estimate of drug-likeness (QED) is 0.307. The van der Waals surface area contributed by atoms with Crippen LogP contribution in [0.5, 0.6) is 5.88 Å². The second-order valence-corrected chi connectivity index (χ2v) is 9.01. The van der Waals surface area contributed by atoms with Crippen molar-refractivity contribution in [2.24, 2.45) is 0 Å². The summed E-state index contributed by atoms with van der Waals surface area (Å²) in [5, 5.41) is 9.97. The Labute approximate surface area is 222 Å². The number of hydrogen-bond donors (Lipinski definition) is 0. The highest BCUT2D eigenvalue weighted by Gasteiger charge is 2.28. The van der Waals surface area contributed by atoms with E-state index < -0.39 is 11.6 Å². The van der Waals surface area contributed by atoms with Crippen LogP contribution in [0.1, 0.15) is 28.9 Å². The second-order valence-electron chi connectivity index (χ2n) is 8.65. The minimum absolute atomic E-state index is 0.0316. The third-order valence-corrected chi connectivity index (χ3v) is 6.50. The van der Waals surface area contributed by atoms with Gasteiger partial charge in [-0.3, -0.25) is 4.79 Å². The summed E-state index contributed by atoms with van der Waals surface area (Å²) in [5.41, 5.74) is 2.12. The second kappa shape index (κ2) is 10.9. The number of piperidine rings is 1. The molecular weight excluding hydrogens is 512 g/mol. The van der Waals surface area contributed by atoms with Crippen LogP contribution in [0, 0.1) is 23.0 Å². The summed E-state index contributed by atoms with van der Waals surface area (Å²) in [6.07, 6.45) is 2.21. The van der Waals surface area contributed by atoms with Gasteiger partial charge in [0, 0.05) is 43.3 Å². The predicted octanol–water partition coefficient (Wildman–Crippen LogP) is 5.69. The SMILES string of the molecule is N#Cc1nc(-c2ccc(F)cc2)c(-c2ccc(F)cc2)nc1OC1CCN(C(=O)c2cccnc2Cl)CC1. The molecule has 38 heavy (non-hydrogen) atoms. The zero-order valence-electron chi connectivity index (χ0n) is 19.9. The van der Waals surface area contributed by atoms with Crippen LogP contribution in [-0.4, -0.2) is 45.0 Å². The minimum Gasteiger partial charge on any atom is -0.472 e. The molecule has 0 unspecified atom stereocenters. The van der Waals surface area contributed by atoms with Gasteiger partial charge in [0.15, 0.2) is 0 Å². The Bertz CT molecular complexity index is 1520. The van der Waals surface area contributed by atoms with E-state index in [1.165, 1.54) is 42.6 Å². The van der Waals surface area contributed by atoms with Crippen molar-refractivity contribution in [2.75, 3.05) is 13.1 Å². The van der Waals surface area contributed by atoms with Crippen molar-refractivity contribution in [1.82, 2.24) is 19.9 Å². The van der Waals surface area contributed by atoms with Crippen molar-refractivity contribution >= 4 is 17.5 Å². The van der Waals surface area contributed by atoms with Gasteiger partial charge in [0.25, 0.3) is 11.8 Å². The fourth-order valence-corrected chi connectivity index (χ4v) is 4.44. The lowest BCUT2D eigenvalue weighted by Crippen LogP contribution is -2.42. The molecule has 0 aliphatic carbocycles. The van der Waals surface area contributed by atoms with E-state index in [2.05, 4.69) is 15.0 Å². The molecule has 190 valence electrons. The minimum atomic E-state index is -0.416. The Morgan fingerprint density at radius 2 is 1.53 bits per heavy atom. The highest BCUT2D eigenvalue weighted by molar-refractivity contribution is 6.32. The lowest BCUT2D eigenvalue weighted by atomic mass is 10.0. The van der Waals surface area contributed by atoms with Crippen LogP contribution in [-0.2, 0) is 0 Å². The summed E-state index contributed by atoms with van der Waals surface area (Å²) >= 11 is 6.08. The molecule has 7 nitrogen and oxygen atoms in total. The number of pyridine rings is 1. The lowest BCUT2D eigenvalue weighted by Gasteiger charge is -2.32. The molecule has 0 N–H and O–H groups in total. The van der Waals surface area contributed by atoms with Gasteiger partial charge in [0.05, 0.1) is 11.3 Å². The molecular formula is C28H20ClF2N5O2. The summed E-state index contributed by atoms with van der Waals surface area (Å²) in [7, 11) is 0. The number of carbonyl (C=O) groups excluding carboxylic acids is 1. The normalized spacial score (nSPS) is 13.7. The first-order valence-corrected chi connectivity index (χ1v) is 12.2. The topological polar surface area (TPSA) is 92.0 Å². The van der Waals surface area contributed by atoms with Crippen LogP contribution in [0.3, 0.4) is 0 Å². The molecule has 0 radical (unpaired) electrons. The lowest BCUT2D eigenvalue weighted by molar-refractivity contribution is 0.0586. The van der Waals surface area contributed by atoms with E-state index in [0.29, 0.717) is 54.0 Å². The number of nitriles is 1. The van der Waals surface area contributed by atoms with E-state index in [1.54, 1.807) is 29.2 Å². The summed E-state index contributed by atoms with van der Waals surface area (Å²) in [4.78, 5) is 27.6. The smallest absolute Gasteiger partial charge is 0.256 e. The van der Waals surface area contributed by atoms with Gasteiger partial charge in [-0.2, -0.15) is 5.26 Å². The van der Waals surface area contributed by atoms with Crippen molar-refractivity contribution < 1.29 is 18.3 Å². The zero-order chi connectivity index (χ0) is 26.6. The molecule has 1 fully saturated rings. The number of rotatable bonds is 5. The molecule has 1 saturated heterocycles. The maximum Gasteiger partial charge on any atom is 0.256 e. The number of benzene rings is 2. The van der Waals surface area contributed by atoms with Crippen LogP contribution in [0.15, 0.2) is 66.9 Å². The van der Waals surface area contributed by atoms with Gasteiger partial charge in [0.2, 0.25) is 5.69 Å². The average molecular weight is 532 g/mol. The van der Waals surface area contributed by atoms with E-state index in [4.69, 9.17) is 16.3 Å². The molecule has 0 atom stereocenters. The molecule has 0 spiro atoms. The molecule has 2 aromatic heterocycles. The number of carbonyl (C=O) groups is 1. The Balaban J connectivity index is 1.41. The molecule has 0 saturated carbocycles. The summed E-state index contributed by atoms with van der Waals surface area (Å²) in [6, 6.07) is 16.7. The zero-order valence-corrected chi connectivity index (χ0v) is 20.7. The van der Waals surface area contributed by atoms with Gasteiger partial charge >= 0.3 is 0 Å². The number of likely N-dealkylation sites (tertiary alicyclic amines) is 1. The average Bonchev–Trinajstić information content (AvgIpc) is 2.94. The summed E-state index contributed by atoms with van der Waals surface area (Å²) < 4.78 is 33.3. The number of hydrogen-bond acceptors (Lipinski definition) is 6. The highest BCUT2D eigenvalue weighted by atomic mass is 35.5. The largest absolute Gasteiger partial charge is 0.472 e. The number of halogens is 3. The van der Waals surface area contributed by atoms with E-state index in [0.717, 1.165) is 0 Å². The maximum atomic E-state index is 13.6. The number of amides is 1. The first-order chi connectivity index (χ1) is 18.4. The Hall–Kier alpha value is -4.42. The van der Waals surface area contributed by atoms with Crippen molar-refractivity contribution in [3.05, 3.63) is 94.9 Å². The van der Waals surface area contributed by atoms with Gasteiger partial charge in [-0.15, -0.1) is 0 Å². The molecule has 1 aliphatic heterocycles. The fraction of sp³-hybridized carbons (Fsp3) is 0.179. The molecule has 1 aliphatic rings. The molecule has 10 heteroatoms. The monoisotopic (exact) mass is 531 g/mol. The number of ether oxygens (including phenoxy) is 1. The van der Waals surface area contributed by atoms with Crippen LogP contribution in [0.25, 0.3) is 22.5 Å². The van der Waals surface area contributed by atoms with Crippen LogP contribution in [0.4, 0.5) is 8.78 Å². The Morgan fingerprint density at radius 3 is 2.08 bits per heavy atom. The molecule has 4 aromatic rings. The number of nitrogens with zero attached hydrogens (tertiary/aromatic N) is 5. The number of aromatic nitrogens is 3. The molecule has 1 amide bonds. The highest BCUT2D eigenvalue weighted by Crippen LogP contribution is 2.33. The van der Waals surface area contributed by atoms with E-state index in [9.17, 15) is 18.8 Å². The van der Waals surface area contributed by atoms with E-state index in [-0.39, 0.29) is 28.7 Å².